The third-order valence-corrected chi connectivity index (χ3v) is 6.85. The molecule has 0 aliphatic carbocycles. The summed E-state index contributed by atoms with van der Waals surface area (Å²) < 4.78 is 37.8. The van der Waals surface area contributed by atoms with Gasteiger partial charge in [0, 0.05) is 38.7 Å². The number of urea groups is 1. The molecule has 0 bridgehead atoms. The number of rotatable bonds is 14. The highest BCUT2D eigenvalue weighted by molar-refractivity contribution is 5.98. The molecule has 1 fully saturated rings. The maximum absolute atomic E-state index is 13.8. The molecule has 4 atom stereocenters. The molecule has 11 nitrogen and oxygen atoms in total. The maximum atomic E-state index is 13.8. The third kappa shape index (κ3) is 10.8. The molecule has 1 aromatic carbocycles. The van der Waals surface area contributed by atoms with Gasteiger partial charge in [0.1, 0.15) is 35.7 Å². The number of unbranched alkanes of at least 4 members (excludes halogenated alkanes) is 3. The van der Waals surface area contributed by atoms with Crippen LogP contribution in [0.2, 0.25) is 0 Å². The Morgan fingerprint density at radius 1 is 1.12 bits per heavy atom. The molecule has 1 aliphatic heterocycles. The first-order chi connectivity index (χ1) is 20.0. The van der Waals surface area contributed by atoms with Crippen molar-refractivity contribution in [3.8, 4) is 0 Å². The van der Waals surface area contributed by atoms with Gasteiger partial charge in [-0.1, -0.05) is 26.2 Å². The minimum absolute atomic E-state index is 0.0997. The van der Waals surface area contributed by atoms with E-state index >= 15 is 0 Å². The quantitative estimate of drug-likeness (QED) is 0.191. The number of amides is 4. The lowest BCUT2D eigenvalue weighted by atomic mass is 10.0. The predicted octanol–water partition coefficient (Wildman–Crippen LogP) is 3.08. The number of ether oxygens (including phenoxy) is 2. The summed E-state index contributed by atoms with van der Waals surface area (Å²) in [7, 11) is 1.11. The second-order valence-corrected chi connectivity index (χ2v) is 10.2. The smallest absolute Gasteiger partial charge is 0.329 e. The molecular formula is C29H40F2N4O7. The van der Waals surface area contributed by atoms with Crippen LogP contribution in [-0.4, -0.2) is 79.3 Å². The van der Waals surface area contributed by atoms with Gasteiger partial charge in [-0.25, -0.2) is 23.4 Å². The molecule has 13 heteroatoms. The lowest BCUT2D eigenvalue weighted by Crippen LogP contribution is -2.47. The van der Waals surface area contributed by atoms with Gasteiger partial charge in [-0.15, -0.1) is 0 Å². The van der Waals surface area contributed by atoms with E-state index in [1.807, 2.05) is 0 Å². The Morgan fingerprint density at radius 3 is 2.43 bits per heavy atom. The van der Waals surface area contributed by atoms with Crippen LogP contribution < -0.4 is 10.6 Å². The molecule has 2 rings (SSSR count). The number of benzene rings is 1. The van der Waals surface area contributed by atoms with E-state index in [2.05, 4.69) is 22.5 Å². The molecule has 232 valence electrons. The highest BCUT2D eigenvalue weighted by atomic mass is 19.1. The monoisotopic (exact) mass is 594 g/mol. The second-order valence-electron chi connectivity index (χ2n) is 10.2. The van der Waals surface area contributed by atoms with E-state index in [1.54, 1.807) is 0 Å². The maximum Gasteiger partial charge on any atom is 0.329 e. The van der Waals surface area contributed by atoms with Crippen molar-refractivity contribution >= 4 is 36.0 Å². The summed E-state index contributed by atoms with van der Waals surface area (Å²) in [6.45, 7) is 5.59. The molecule has 1 heterocycles. The average molecular weight is 595 g/mol. The van der Waals surface area contributed by atoms with Crippen LogP contribution in [0.1, 0.15) is 64.9 Å². The van der Waals surface area contributed by atoms with Gasteiger partial charge in [0.15, 0.2) is 0 Å². The number of hydrogen-bond acceptors (Lipinski definition) is 7. The SMILES string of the molecule is CCCCCCNC(=O)N[C@@H](Cc1cc(F)cc(F)c1)C(=O)N=CC(C(=O)OC)[C@H](C)OC(=O)C1CCCN1C(C)=O. The number of carbonyl (C=O) groups excluding carboxylic acids is 5. The van der Waals surface area contributed by atoms with E-state index in [0.29, 0.717) is 32.0 Å². The Balaban J connectivity index is 2.18. The van der Waals surface area contributed by atoms with Crippen LogP contribution in [0.15, 0.2) is 23.2 Å². The average Bonchev–Trinajstić information content (AvgIpc) is 3.42. The lowest BCUT2D eigenvalue weighted by molar-refractivity contribution is -0.161. The van der Waals surface area contributed by atoms with Gasteiger partial charge in [-0.05, 0) is 43.9 Å². The highest BCUT2D eigenvalue weighted by Gasteiger charge is 2.36. The largest absolute Gasteiger partial charge is 0.468 e. The fourth-order valence-electron chi connectivity index (χ4n) is 4.60. The molecule has 2 N–H and O–H groups in total. The van der Waals surface area contributed by atoms with Crippen LogP contribution in [0.25, 0.3) is 0 Å². The normalized spacial score (nSPS) is 16.9. The fraction of sp³-hybridized carbons (Fsp3) is 0.586. The Kier molecular flexibility index (Phi) is 14.0. The molecule has 0 saturated carbocycles. The minimum Gasteiger partial charge on any atom is -0.468 e. The zero-order chi connectivity index (χ0) is 31.2. The summed E-state index contributed by atoms with van der Waals surface area (Å²) >= 11 is 0. The molecule has 42 heavy (non-hydrogen) atoms. The zero-order valence-corrected chi connectivity index (χ0v) is 24.5. The van der Waals surface area contributed by atoms with E-state index in [1.165, 1.54) is 18.7 Å². The number of halogens is 2. The summed E-state index contributed by atoms with van der Waals surface area (Å²) in [4.78, 5) is 67.9. The Morgan fingerprint density at radius 2 is 1.81 bits per heavy atom. The van der Waals surface area contributed by atoms with E-state index in [4.69, 9.17) is 9.47 Å². The molecule has 0 aromatic heterocycles. The number of carbonyl (C=O) groups is 5. The van der Waals surface area contributed by atoms with Crippen molar-refractivity contribution in [2.24, 2.45) is 10.9 Å². The number of nitrogens with one attached hydrogen (secondary N) is 2. The standard InChI is InChI=1S/C29H40F2N4O7/c1-5-6-7-8-11-32-29(40)34-24(15-20-13-21(30)16-22(31)14-20)26(37)33-17-23(27(38)41-4)18(2)42-28(39)25-10-9-12-35(25)19(3)36/h13-14,16-18,23-25H,5-12,15H2,1-4H3,(H2,32,34,40)/t18-,23?,24-,25?/m0/s1. The van der Waals surface area contributed by atoms with E-state index in [0.717, 1.165) is 51.1 Å². The topological polar surface area (TPSA) is 143 Å². The van der Waals surface area contributed by atoms with Crippen molar-refractivity contribution in [2.75, 3.05) is 20.2 Å². The van der Waals surface area contributed by atoms with E-state index in [-0.39, 0.29) is 17.9 Å². The first kappa shape index (κ1) is 34.3. The molecular weight excluding hydrogens is 554 g/mol. The van der Waals surface area contributed by atoms with Crippen molar-refractivity contribution < 1.29 is 42.2 Å². The molecule has 4 amide bonds. The number of hydrogen-bond donors (Lipinski definition) is 2. The minimum atomic E-state index is -1.34. The number of methoxy groups -OCH3 is 1. The van der Waals surface area contributed by atoms with Crippen LogP contribution in [0.5, 0.6) is 0 Å². The number of likely N-dealkylation sites (tertiary alicyclic amines) is 1. The summed E-state index contributed by atoms with van der Waals surface area (Å²) in [5.41, 5.74) is 0.0997. The van der Waals surface area contributed by atoms with Gasteiger partial charge in [-0.2, -0.15) is 0 Å². The molecule has 2 unspecified atom stereocenters. The first-order valence-corrected chi connectivity index (χ1v) is 14.1. The summed E-state index contributed by atoms with van der Waals surface area (Å²) in [5.74, 6) is -5.74. The molecule has 1 aliphatic rings. The van der Waals surface area contributed by atoms with E-state index in [9.17, 15) is 32.8 Å². The second kappa shape index (κ2) is 17.1. The van der Waals surface area contributed by atoms with Gasteiger partial charge >= 0.3 is 18.0 Å². The lowest BCUT2D eigenvalue weighted by Gasteiger charge is -2.25. The fourth-order valence-corrected chi connectivity index (χ4v) is 4.60. The molecule has 1 aromatic rings. The summed E-state index contributed by atoms with van der Waals surface area (Å²) in [6.07, 6.45) is 4.26. The summed E-state index contributed by atoms with van der Waals surface area (Å²) in [5, 5.41) is 5.12. The Labute approximate surface area is 244 Å². The van der Waals surface area contributed by atoms with Crippen LogP contribution in [0, 0.1) is 17.6 Å². The van der Waals surface area contributed by atoms with Crippen LogP contribution in [0.4, 0.5) is 13.6 Å². The highest BCUT2D eigenvalue weighted by Crippen LogP contribution is 2.20. The van der Waals surface area contributed by atoms with Crippen molar-refractivity contribution in [2.45, 2.75) is 83.9 Å². The van der Waals surface area contributed by atoms with Crippen molar-refractivity contribution in [3.63, 3.8) is 0 Å². The molecule has 0 radical (unpaired) electrons. The van der Waals surface area contributed by atoms with Crippen molar-refractivity contribution in [1.29, 1.82) is 0 Å². The number of esters is 2. The van der Waals surface area contributed by atoms with Gasteiger partial charge in [0.25, 0.3) is 5.91 Å². The van der Waals surface area contributed by atoms with Gasteiger partial charge in [-0.3, -0.25) is 14.4 Å². The number of nitrogens with zero attached hydrogens (tertiary/aromatic N) is 2. The molecule has 1 saturated heterocycles. The van der Waals surface area contributed by atoms with Gasteiger partial charge in [0.05, 0.1) is 7.11 Å². The van der Waals surface area contributed by atoms with Crippen molar-refractivity contribution in [3.05, 3.63) is 35.4 Å². The van der Waals surface area contributed by atoms with Crippen LogP contribution >= 0.6 is 0 Å². The number of aliphatic imine (C=N–C) groups is 1. The van der Waals surface area contributed by atoms with Crippen LogP contribution in [0.3, 0.4) is 0 Å². The van der Waals surface area contributed by atoms with Gasteiger partial charge < -0.3 is 25.0 Å². The Bertz CT molecular complexity index is 1130. The summed E-state index contributed by atoms with van der Waals surface area (Å²) in [6, 6.07) is -0.0536. The van der Waals surface area contributed by atoms with Gasteiger partial charge in [0.2, 0.25) is 5.91 Å². The van der Waals surface area contributed by atoms with Crippen molar-refractivity contribution in [1.82, 2.24) is 15.5 Å². The third-order valence-electron chi connectivity index (χ3n) is 6.85. The Hall–Kier alpha value is -3.90. The molecule has 0 spiro atoms. The van der Waals surface area contributed by atoms with Crippen LogP contribution in [-0.2, 0) is 35.1 Å². The first-order valence-electron chi connectivity index (χ1n) is 14.1. The van der Waals surface area contributed by atoms with E-state index < -0.39 is 59.6 Å². The zero-order valence-electron chi connectivity index (χ0n) is 24.5. The predicted molar refractivity (Wildman–Crippen MR) is 149 cm³/mol.